The van der Waals surface area contributed by atoms with Crippen LogP contribution >= 0.6 is 0 Å². The van der Waals surface area contributed by atoms with Crippen LogP contribution in [0.15, 0.2) is 97.2 Å². The van der Waals surface area contributed by atoms with E-state index >= 15 is 0 Å². The molecule has 0 aromatic heterocycles. The van der Waals surface area contributed by atoms with Gasteiger partial charge in [0.05, 0.1) is 34.4 Å². The van der Waals surface area contributed by atoms with Crippen molar-refractivity contribution < 1.29 is 42.9 Å². The van der Waals surface area contributed by atoms with Gasteiger partial charge in [0.15, 0.2) is 6.10 Å². The number of likely N-dealkylation sites (N-methyl/N-ethyl adjacent to an activating group) is 1. The molecule has 0 aromatic carbocycles. The SMILES string of the molecule is CC/C=C\C/C=C\C/C=C\C/C=C\C/C=C\C/C=C\C/C=C\C/C=C\CCCCCCC(=O)OC(COC(=O)CCCCCCCCCCCCCCCCCCCCCCCCCCCCCCCCCCCCCCC)COC(OCC[N+](C)(C)C)C(=O)O. The van der Waals surface area contributed by atoms with Gasteiger partial charge in [-0.2, -0.15) is 0 Å². The van der Waals surface area contributed by atoms with Crippen molar-refractivity contribution in [1.82, 2.24) is 0 Å². The van der Waals surface area contributed by atoms with Gasteiger partial charge in [-0.1, -0.05) is 355 Å². The first kappa shape index (κ1) is 87.2. The quantitative estimate of drug-likeness (QED) is 0.0211. The minimum absolute atomic E-state index is 0.179. The Bertz CT molecular complexity index is 1820. The maximum Gasteiger partial charge on any atom is 0.361 e. The standard InChI is InChI=1S/C82H145NO8/c1-6-8-10-12-14-16-18-20-22-24-26-28-30-32-34-36-37-38-39-40-41-42-43-45-46-48-50-52-54-56-58-60-62-64-66-68-70-72-79(84)89-76-78(77-90-82(81(86)87)88-75-74-83(3,4)5)91-80(85)73-71-69-67-65-63-61-59-57-55-53-51-49-47-44-35-33-31-29-27-25-23-21-19-17-15-13-11-9-7-2/h9,11,15,17,21,23,27,29,33,35,47,49,53,55,59,61,78,82H,6-8,10,12-14,16,18-20,22,24-26,28,30-32,34,36-46,48,50-52,54,56-58,60,62-77H2,1-5H3/p+1/b11-9-,17-15-,23-21-,29-27-,35-33-,49-47-,55-53-,61-59-. The summed E-state index contributed by atoms with van der Waals surface area (Å²) in [5.41, 5.74) is 0. The van der Waals surface area contributed by atoms with Crippen LogP contribution in [0.2, 0.25) is 0 Å². The molecule has 0 aromatic rings. The lowest BCUT2D eigenvalue weighted by atomic mass is 10.0. The number of unbranched alkanes of at least 4 members (excludes halogenated alkanes) is 40. The molecule has 9 nitrogen and oxygen atoms in total. The van der Waals surface area contributed by atoms with Gasteiger partial charge in [0.2, 0.25) is 0 Å². The van der Waals surface area contributed by atoms with E-state index in [1.54, 1.807) is 0 Å². The number of nitrogens with zero attached hydrogens (tertiary/aromatic N) is 1. The molecule has 0 aliphatic rings. The van der Waals surface area contributed by atoms with Gasteiger partial charge in [0.1, 0.15) is 13.2 Å². The fourth-order valence-corrected chi connectivity index (χ4v) is 11.0. The average molecular weight is 1270 g/mol. The number of esters is 2. The molecule has 0 aliphatic heterocycles. The lowest BCUT2D eigenvalue weighted by Gasteiger charge is -2.25. The molecule has 526 valence electrons. The molecule has 0 fully saturated rings. The number of carboxylic acids is 1. The lowest BCUT2D eigenvalue weighted by Crippen LogP contribution is -2.40. The van der Waals surface area contributed by atoms with E-state index < -0.39 is 24.3 Å². The summed E-state index contributed by atoms with van der Waals surface area (Å²) in [5, 5.41) is 9.76. The van der Waals surface area contributed by atoms with E-state index in [-0.39, 0.29) is 32.2 Å². The summed E-state index contributed by atoms with van der Waals surface area (Å²) in [4.78, 5) is 37.7. The number of carboxylic acid groups (broad SMARTS) is 1. The summed E-state index contributed by atoms with van der Waals surface area (Å²) < 4.78 is 23.0. The zero-order valence-corrected chi connectivity index (χ0v) is 60.2. The Morgan fingerprint density at radius 3 is 0.934 bits per heavy atom. The fraction of sp³-hybridized carbons (Fsp3) is 0.768. The predicted molar refractivity (Wildman–Crippen MR) is 392 cm³/mol. The van der Waals surface area contributed by atoms with E-state index in [4.69, 9.17) is 18.9 Å². The van der Waals surface area contributed by atoms with Crippen LogP contribution in [0.4, 0.5) is 0 Å². The first-order chi connectivity index (χ1) is 44.6. The van der Waals surface area contributed by atoms with Crippen molar-refractivity contribution in [3.8, 4) is 0 Å². The van der Waals surface area contributed by atoms with Gasteiger partial charge < -0.3 is 28.5 Å². The van der Waals surface area contributed by atoms with Crippen LogP contribution in [0.3, 0.4) is 0 Å². The van der Waals surface area contributed by atoms with E-state index in [1.165, 1.54) is 218 Å². The number of carbonyl (C=O) groups excluding carboxylic acids is 2. The van der Waals surface area contributed by atoms with Gasteiger partial charge in [-0.15, -0.1) is 0 Å². The molecule has 1 N–H and O–H groups in total. The van der Waals surface area contributed by atoms with E-state index in [0.717, 1.165) is 96.3 Å². The summed E-state index contributed by atoms with van der Waals surface area (Å²) >= 11 is 0. The molecule has 0 bridgehead atoms. The third-order valence-corrected chi connectivity index (χ3v) is 16.9. The van der Waals surface area contributed by atoms with Crippen LogP contribution in [0, 0.1) is 0 Å². The molecule has 2 unspecified atom stereocenters. The molecule has 0 aliphatic carbocycles. The van der Waals surface area contributed by atoms with Crippen molar-refractivity contribution in [2.24, 2.45) is 0 Å². The summed E-state index contributed by atoms with van der Waals surface area (Å²) in [6.45, 7) is 4.77. The van der Waals surface area contributed by atoms with E-state index in [1.807, 2.05) is 21.1 Å². The molecule has 0 saturated heterocycles. The second-order valence-electron chi connectivity index (χ2n) is 26.9. The maximum atomic E-state index is 12.9. The Kier molecular flexibility index (Phi) is 69.0. The highest BCUT2D eigenvalue weighted by atomic mass is 16.7. The van der Waals surface area contributed by atoms with Crippen molar-refractivity contribution in [2.75, 3.05) is 47.5 Å². The average Bonchev–Trinajstić information content (AvgIpc) is 3.66. The number of ether oxygens (including phenoxy) is 4. The Balaban J connectivity index is 4.07. The summed E-state index contributed by atoms with van der Waals surface area (Å²) in [6.07, 6.45) is 97.0. The minimum atomic E-state index is -1.52. The van der Waals surface area contributed by atoms with Crippen LogP contribution in [-0.4, -0.2) is 87.4 Å². The minimum Gasteiger partial charge on any atom is -0.477 e. The summed E-state index contributed by atoms with van der Waals surface area (Å²) in [7, 11) is 5.97. The van der Waals surface area contributed by atoms with Crippen LogP contribution in [-0.2, 0) is 33.3 Å². The number of rotatable bonds is 71. The van der Waals surface area contributed by atoms with Crippen LogP contribution in [0.1, 0.15) is 348 Å². The normalized spacial score (nSPS) is 13.2. The molecule has 0 saturated carbocycles. The molecule has 0 heterocycles. The van der Waals surface area contributed by atoms with Crippen LogP contribution in [0.25, 0.3) is 0 Å². The second-order valence-corrected chi connectivity index (χ2v) is 26.9. The molecular formula is C82H146NO8+. The summed E-state index contributed by atoms with van der Waals surface area (Å²) in [5.74, 6) is -2.03. The first-order valence-corrected chi connectivity index (χ1v) is 38.4. The molecule has 0 spiro atoms. The Morgan fingerprint density at radius 1 is 0.341 bits per heavy atom. The Morgan fingerprint density at radius 2 is 0.626 bits per heavy atom. The number of quaternary nitrogens is 1. The van der Waals surface area contributed by atoms with Crippen molar-refractivity contribution in [1.29, 1.82) is 0 Å². The number of hydrogen-bond donors (Lipinski definition) is 1. The largest absolute Gasteiger partial charge is 0.477 e. The molecule has 0 rings (SSSR count). The van der Waals surface area contributed by atoms with Gasteiger partial charge in [-0.3, -0.25) is 9.59 Å². The number of hydrogen-bond acceptors (Lipinski definition) is 7. The van der Waals surface area contributed by atoms with Crippen molar-refractivity contribution >= 4 is 17.9 Å². The molecule has 91 heavy (non-hydrogen) atoms. The fourth-order valence-electron chi connectivity index (χ4n) is 11.0. The molecule has 2 atom stereocenters. The number of allylic oxidation sites excluding steroid dienone is 16. The Labute approximate surface area is 562 Å². The van der Waals surface area contributed by atoms with Crippen molar-refractivity contribution in [3.63, 3.8) is 0 Å². The van der Waals surface area contributed by atoms with Gasteiger partial charge in [0.25, 0.3) is 6.29 Å². The van der Waals surface area contributed by atoms with Gasteiger partial charge in [-0.25, -0.2) is 4.79 Å². The lowest BCUT2D eigenvalue weighted by molar-refractivity contribution is -0.870. The summed E-state index contributed by atoms with van der Waals surface area (Å²) in [6, 6.07) is 0. The second kappa shape index (κ2) is 72.0. The zero-order chi connectivity index (χ0) is 66.1. The number of aliphatic carboxylic acids is 1. The highest BCUT2D eigenvalue weighted by Crippen LogP contribution is 2.19. The topological polar surface area (TPSA) is 108 Å². The van der Waals surface area contributed by atoms with E-state index in [2.05, 4.69) is 111 Å². The monoisotopic (exact) mass is 1270 g/mol. The highest BCUT2D eigenvalue weighted by Gasteiger charge is 2.25. The van der Waals surface area contributed by atoms with Crippen LogP contribution in [0.5, 0.6) is 0 Å². The molecule has 9 heteroatoms. The maximum absolute atomic E-state index is 12.9. The number of carbonyl (C=O) groups is 3. The molecule has 0 radical (unpaired) electrons. The third-order valence-electron chi connectivity index (χ3n) is 16.9. The van der Waals surface area contributed by atoms with Gasteiger partial charge in [0, 0.05) is 12.8 Å². The predicted octanol–water partition coefficient (Wildman–Crippen LogP) is 24.4. The van der Waals surface area contributed by atoms with Gasteiger partial charge in [-0.05, 0) is 77.0 Å². The highest BCUT2D eigenvalue weighted by molar-refractivity contribution is 5.71. The Hall–Kier alpha value is -3.79. The third kappa shape index (κ3) is 73.5. The smallest absolute Gasteiger partial charge is 0.361 e. The zero-order valence-electron chi connectivity index (χ0n) is 60.2. The van der Waals surface area contributed by atoms with E-state index in [9.17, 15) is 19.5 Å². The van der Waals surface area contributed by atoms with Gasteiger partial charge >= 0.3 is 17.9 Å². The van der Waals surface area contributed by atoms with Crippen molar-refractivity contribution in [2.45, 2.75) is 360 Å². The molecule has 0 amide bonds. The molecular weight excluding hydrogens is 1130 g/mol. The van der Waals surface area contributed by atoms with Crippen molar-refractivity contribution in [3.05, 3.63) is 97.2 Å². The van der Waals surface area contributed by atoms with E-state index in [0.29, 0.717) is 23.9 Å². The van der Waals surface area contributed by atoms with Crippen LogP contribution < -0.4 is 0 Å². The first-order valence-electron chi connectivity index (χ1n) is 38.4.